The van der Waals surface area contributed by atoms with Crippen LogP contribution in [-0.4, -0.2) is 33.9 Å². The Hall–Kier alpha value is -5.36. The van der Waals surface area contributed by atoms with Crippen molar-refractivity contribution in [2.45, 2.75) is 44.4 Å². The number of fused-ring (bicyclic) bond motifs is 7. The SMILES string of the molecule is CCC1(C)Cc2cc(-n3c4ccccc4c4cc5c(cc43)c3ccccc3n5-c3ccccc3)ccc2N1C1CNC(c2ccccc2)CN1. The second kappa shape index (κ2) is 11.3. The summed E-state index contributed by atoms with van der Waals surface area (Å²) in [5.74, 6) is 0. The predicted octanol–water partition coefficient (Wildman–Crippen LogP) is 9.67. The number of hydrogen-bond donors (Lipinski definition) is 2. The molecule has 4 heterocycles. The van der Waals surface area contributed by atoms with Gasteiger partial charge in [0.2, 0.25) is 0 Å². The monoisotopic (exact) mass is 651 g/mol. The minimum absolute atomic E-state index is 0.0339. The Labute approximate surface area is 292 Å². The first-order valence-corrected chi connectivity index (χ1v) is 18.1. The number of nitrogens with zero attached hydrogens (tertiary/aromatic N) is 3. The van der Waals surface area contributed by atoms with E-state index in [9.17, 15) is 0 Å². The van der Waals surface area contributed by atoms with Crippen molar-refractivity contribution >= 4 is 49.3 Å². The van der Waals surface area contributed by atoms with Crippen LogP contribution in [0.3, 0.4) is 0 Å². The third-order valence-electron chi connectivity index (χ3n) is 11.6. The number of para-hydroxylation sites is 3. The van der Waals surface area contributed by atoms with Gasteiger partial charge < -0.3 is 19.4 Å². The minimum atomic E-state index is 0.0339. The minimum Gasteiger partial charge on any atom is -0.349 e. The van der Waals surface area contributed by atoms with E-state index in [0.717, 1.165) is 25.9 Å². The molecule has 8 aromatic rings. The smallest absolute Gasteiger partial charge is 0.0928 e. The van der Waals surface area contributed by atoms with Gasteiger partial charge in [-0.15, -0.1) is 0 Å². The van der Waals surface area contributed by atoms with E-state index >= 15 is 0 Å². The van der Waals surface area contributed by atoms with Gasteiger partial charge in [-0.1, -0.05) is 91.9 Å². The van der Waals surface area contributed by atoms with Gasteiger partial charge in [-0.2, -0.15) is 0 Å². The number of anilines is 1. The standard InChI is InChI=1S/C45H41N5/c1-3-45(2)27-31-24-33(22-23-39(31)50(45)44-29-46-38(28-47-44)30-14-6-4-7-15-30)49-41-21-13-11-19-35(41)37-25-42-36(26-43(37)49)34-18-10-12-20-40(34)48(42)32-16-8-5-9-17-32/h4-26,38,44,46-47H,3,27-29H2,1-2H3. The van der Waals surface area contributed by atoms with Gasteiger partial charge in [0.05, 0.1) is 28.2 Å². The van der Waals surface area contributed by atoms with Crippen molar-refractivity contribution in [3.63, 3.8) is 0 Å². The first-order chi connectivity index (χ1) is 24.6. The molecule has 0 saturated carbocycles. The molecule has 3 atom stereocenters. The predicted molar refractivity (Wildman–Crippen MR) is 209 cm³/mol. The molecule has 1 saturated heterocycles. The summed E-state index contributed by atoms with van der Waals surface area (Å²) in [6.07, 6.45) is 2.34. The van der Waals surface area contributed by atoms with Crippen LogP contribution in [0.1, 0.15) is 37.4 Å². The van der Waals surface area contributed by atoms with Crippen LogP contribution in [0, 0.1) is 0 Å². The fourth-order valence-electron chi connectivity index (χ4n) is 9.03. The summed E-state index contributed by atoms with van der Waals surface area (Å²) in [6.45, 7) is 6.59. The maximum absolute atomic E-state index is 3.93. The lowest BCUT2D eigenvalue weighted by Crippen LogP contribution is -2.63. The highest BCUT2D eigenvalue weighted by molar-refractivity contribution is 6.19. The van der Waals surface area contributed by atoms with Gasteiger partial charge in [-0.05, 0) is 85.5 Å². The van der Waals surface area contributed by atoms with Gasteiger partial charge >= 0.3 is 0 Å². The topological polar surface area (TPSA) is 37.2 Å². The van der Waals surface area contributed by atoms with Crippen LogP contribution in [0.4, 0.5) is 5.69 Å². The Morgan fingerprint density at radius 3 is 1.80 bits per heavy atom. The molecular formula is C45H41N5. The summed E-state index contributed by atoms with van der Waals surface area (Å²) in [6, 6.07) is 51.7. The van der Waals surface area contributed by atoms with E-state index in [0.29, 0.717) is 6.04 Å². The molecule has 0 spiro atoms. The molecule has 2 aliphatic rings. The lowest BCUT2D eigenvalue weighted by Gasteiger charge is -2.46. The van der Waals surface area contributed by atoms with Crippen molar-refractivity contribution in [2.24, 2.45) is 0 Å². The van der Waals surface area contributed by atoms with Gasteiger partial charge in [0, 0.05) is 63.3 Å². The number of rotatable bonds is 5. The lowest BCUT2D eigenvalue weighted by molar-refractivity contribution is 0.290. The molecule has 10 rings (SSSR count). The third-order valence-corrected chi connectivity index (χ3v) is 11.6. The summed E-state index contributed by atoms with van der Waals surface area (Å²) in [7, 11) is 0. The Kier molecular flexibility index (Phi) is 6.70. The molecule has 0 bridgehead atoms. The van der Waals surface area contributed by atoms with Crippen molar-refractivity contribution in [3.8, 4) is 11.4 Å². The Bertz CT molecular complexity index is 2540. The van der Waals surface area contributed by atoms with Gasteiger partial charge in [0.25, 0.3) is 0 Å². The fraction of sp³-hybridized carbons (Fsp3) is 0.200. The highest BCUT2D eigenvalue weighted by Gasteiger charge is 2.43. The number of piperazine rings is 1. The highest BCUT2D eigenvalue weighted by Crippen LogP contribution is 2.45. The molecule has 0 radical (unpaired) electrons. The van der Waals surface area contributed by atoms with Gasteiger partial charge in [-0.3, -0.25) is 5.32 Å². The second-order valence-electron chi connectivity index (χ2n) is 14.4. The average molecular weight is 652 g/mol. The molecule has 5 heteroatoms. The third kappa shape index (κ3) is 4.40. The van der Waals surface area contributed by atoms with Crippen molar-refractivity contribution < 1.29 is 0 Å². The number of aromatic nitrogens is 2. The van der Waals surface area contributed by atoms with E-state index in [4.69, 9.17) is 0 Å². The molecule has 246 valence electrons. The zero-order valence-electron chi connectivity index (χ0n) is 28.6. The van der Waals surface area contributed by atoms with E-state index in [2.05, 4.69) is 178 Å². The van der Waals surface area contributed by atoms with Crippen molar-refractivity contribution in [1.29, 1.82) is 0 Å². The largest absolute Gasteiger partial charge is 0.349 e. The summed E-state index contributed by atoms with van der Waals surface area (Å²) in [5.41, 5.74) is 11.5. The van der Waals surface area contributed by atoms with E-state index in [1.807, 2.05) is 0 Å². The Morgan fingerprint density at radius 2 is 1.18 bits per heavy atom. The number of nitrogens with one attached hydrogen (secondary N) is 2. The summed E-state index contributed by atoms with van der Waals surface area (Å²) >= 11 is 0. The molecule has 0 amide bonds. The van der Waals surface area contributed by atoms with Crippen molar-refractivity contribution in [3.05, 3.63) is 151 Å². The Morgan fingerprint density at radius 1 is 0.580 bits per heavy atom. The molecule has 50 heavy (non-hydrogen) atoms. The van der Waals surface area contributed by atoms with Crippen LogP contribution in [0.15, 0.2) is 140 Å². The average Bonchev–Trinajstić information content (AvgIpc) is 3.79. The maximum atomic E-state index is 3.93. The molecule has 1 fully saturated rings. The molecule has 5 nitrogen and oxygen atoms in total. The molecule has 3 unspecified atom stereocenters. The van der Waals surface area contributed by atoms with E-state index in [1.165, 1.54) is 71.8 Å². The molecule has 6 aromatic carbocycles. The molecular weight excluding hydrogens is 611 g/mol. The molecule has 0 aliphatic carbocycles. The van der Waals surface area contributed by atoms with Gasteiger partial charge in [-0.25, -0.2) is 0 Å². The van der Waals surface area contributed by atoms with E-state index < -0.39 is 0 Å². The number of benzene rings is 6. The summed E-state index contributed by atoms with van der Waals surface area (Å²) in [4.78, 5) is 2.67. The van der Waals surface area contributed by atoms with Gasteiger partial charge in [0.15, 0.2) is 0 Å². The maximum Gasteiger partial charge on any atom is 0.0928 e. The van der Waals surface area contributed by atoms with Crippen molar-refractivity contribution in [1.82, 2.24) is 19.8 Å². The molecule has 2 aliphatic heterocycles. The molecule has 2 N–H and O–H groups in total. The lowest BCUT2D eigenvalue weighted by atomic mass is 9.93. The summed E-state index contributed by atoms with van der Waals surface area (Å²) in [5, 5.41) is 12.9. The fourth-order valence-corrected chi connectivity index (χ4v) is 9.03. The zero-order valence-corrected chi connectivity index (χ0v) is 28.6. The van der Waals surface area contributed by atoms with Crippen LogP contribution in [-0.2, 0) is 6.42 Å². The van der Waals surface area contributed by atoms with Crippen LogP contribution >= 0.6 is 0 Å². The zero-order chi connectivity index (χ0) is 33.4. The van der Waals surface area contributed by atoms with Crippen molar-refractivity contribution in [2.75, 3.05) is 18.0 Å². The first kappa shape index (κ1) is 29.5. The van der Waals surface area contributed by atoms with Crippen LogP contribution in [0.2, 0.25) is 0 Å². The van der Waals surface area contributed by atoms with E-state index in [1.54, 1.807) is 0 Å². The van der Waals surface area contributed by atoms with E-state index in [-0.39, 0.29) is 11.7 Å². The van der Waals surface area contributed by atoms with Gasteiger partial charge in [0.1, 0.15) is 0 Å². The Balaban J connectivity index is 1.10. The number of hydrogen-bond acceptors (Lipinski definition) is 3. The van der Waals surface area contributed by atoms with Crippen LogP contribution in [0.5, 0.6) is 0 Å². The normalized spacial score (nSPS) is 20.7. The van der Waals surface area contributed by atoms with Crippen LogP contribution in [0.25, 0.3) is 55.0 Å². The quantitative estimate of drug-likeness (QED) is 0.195. The first-order valence-electron chi connectivity index (χ1n) is 18.1. The molecule has 2 aromatic heterocycles. The summed E-state index contributed by atoms with van der Waals surface area (Å²) < 4.78 is 4.91. The second-order valence-corrected chi connectivity index (χ2v) is 14.4. The highest BCUT2D eigenvalue weighted by atomic mass is 15.4. The van der Waals surface area contributed by atoms with Crippen LogP contribution < -0.4 is 15.5 Å².